The topological polar surface area (TPSA) is 55.4 Å². The van der Waals surface area contributed by atoms with E-state index in [9.17, 15) is 0 Å². The van der Waals surface area contributed by atoms with Gasteiger partial charge < -0.3 is 28.4 Å². The SMILES string of the molecule is CCCC(C)C1COCCOC(C(C)CC)COCCOC(C(C)C)COCCO1. The average Bonchev–Trinajstić information content (AvgIpc) is 2.72. The van der Waals surface area contributed by atoms with Gasteiger partial charge in [-0.05, 0) is 24.2 Å². The van der Waals surface area contributed by atoms with E-state index in [-0.39, 0.29) is 18.3 Å². The zero-order valence-corrected chi connectivity index (χ0v) is 20.4. The van der Waals surface area contributed by atoms with E-state index in [1.54, 1.807) is 0 Å². The van der Waals surface area contributed by atoms with Gasteiger partial charge in [0.25, 0.3) is 0 Å². The molecule has 0 bridgehead atoms. The summed E-state index contributed by atoms with van der Waals surface area (Å²) in [6, 6.07) is 0. The Morgan fingerprint density at radius 3 is 1.47 bits per heavy atom. The van der Waals surface area contributed by atoms with Crippen LogP contribution < -0.4 is 0 Å². The summed E-state index contributed by atoms with van der Waals surface area (Å²) in [6.45, 7) is 18.3. The van der Waals surface area contributed by atoms with Crippen LogP contribution in [0.4, 0.5) is 0 Å². The van der Waals surface area contributed by atoms with E-state index < -0.39 is 0 Å². The third-order valence-electron chi connectivity index (χ3n) is 5.93. The molecule has 0 N–H and O–H groups in total. The molecule has 1 rings (SSSR count). The molecular weight excluding hydrogens is 384 g/mol. The highest BCUT2D eigenvalue weighted by atomic mass is 16.6. The molecule has 5 atom stereocenters. The molecule has 5 unspecified atom stereocenters. The van der Waals surface area contributed by atoms with Crippen LogP contribution in [0.3, 0.4) is 0 Å². The molecule has 0 aromatic carbocycles. The summed E-state index contributed by atoms with van der Waals surface area (Å²) in [7, 11) is 0. The summed E-state index contributed by atoms with van der Waals surface area (Å²) in [5.74, 6) is 1.28. The van der Waals surface area contributed by atoms with Gasteiger partial charge in [0.05, 0.1) is 77.8 Å². The predicted octanol–water partition coefficient (Wildman–Crippen LogP) is 4.34. The van der Waals surface area contributed by atoms with E-state index in [4.69, 9.17) is 28.4 Å². The standard InChI is InChI=1S/C24H48O6/c1-7-9-21(6)24-18-27-12-14-29-23(20(5)8-2)17-26-10-13-28-22(19(3)4)16-25-11-15-30-24/h19-24H,7-18H2,1-6H3. The highest BCUT2D eigenvalue weighted by molar-refractivity contribution is 4.68. The van der Waals surface area contributed by atoms with Crippen molar-refractivity contribution in [3.8, 4) is 0 Å². The smallest absolute Gasteiger partial charge is 0.0835 e. The van der Waals surface area contributed by atoms with Crippen molar-refractivity contribution in [2.24, 2.45) is 17.8 Å². The molecule has 0 saturated carbocycles. The van der Waals surface area contributed by atoms with Gasteiger partial charge in [0, 0.05) is 0 Å². The second-order valence-electron chi connectivity index (χ2n) is 8.85. The maximum atomic E-state index is 6.12. The first-order valence-electron chi connectivity index (χ1n) is 12.1. The minimum Gasteiger partial charge on any atom is -0.376 e. The number of ether oxygens (including phenoxy) is 6. The Morgan fingerprint density at radius 1 is 0.600 bits per heavy atom. The van der Waals surface area contributed by atoms with Gasteiger partial charge in [-0.25, -0.2) is 0 Å². The fourth-order valence-corrected chi connectivity index (χ4v) is 3.46. The average molecular weight is 433 g/mol. The lowest BCUT2D eigenvalue weighted by Gasteiger charge is -2.27. The van der Waals surface area contributed by atoms with Gasteiger partial charge in [0.1, 0.15) is 0 Å². The normalized spacial score (nSPS) is 29.1. The molecule has 6 heteroatoms. The van der Waals surface area contributed by atoms with Crippen LogP contribution >= 0.6 is 0 Å². The minimum atomic E-state index is 0.0623. The summed E-state index contributed by atoms with van der Waals surface area (Å²) >= 11 is 0. The van der Waals surface area contributed by atoms with Gasteiger partial charge in [0.15, 0.2) is 0 Å². The first-order valence-corrected chi connectivity index (χ1v) is 12.1. The zero-order valence-electron chi connectivity index (χ0n) is 20.4. The molecule has 0 aromatic heterocycles. The summed E-state index contributed by atoms with van der Waals surface area (Å²) in [4.78, 5) is 0. The van der Waals surface area contributed by atoms with Gasteiger partial charge in [0.2, 0.25) is 0 Å². The molecule has 0 aromatic rings. The van der Waals surface area contributed by atoms with Crippen LogP contribution in [0, 0.1) is 17.8 Å². The van der Waals surface area contributed by atoms with Crippen molar-refractivity contribution in [1.82, 2.24) is 0 Å². The third kappa shape index (κ3) is 12.0. The van der Waals surface area contributed by atoms with Crippen LogP contribution in [0.5, 0.6) is 0 Å². The van der Waals surface area contributed by atoms with Crippen molar-refractivity contribution >= 4 is 0 Å². The van der Waals surface area contributed by atoms with E-state index in [1.807, 2.05) is 0 Å². The van der Waals surface area contributed by atoms with Crippen molar-refractivity contribution in [2.75, 3.05) is 59.5 Å². The van der Waals surface area contributed by atoms with Gasteiger partial charge in [-0.2, -0.15) is 0 Å². The molecule has 180 valence electrons. The van der Waals surface area contributed by atoms with E-state index >= 15 is 0 Å². The molecule has 1 aliphatic rings. The van der Waals surface area contributed by atoms with Crippen LogP contribution in [-0.2, 0) is 28.4 Å². The van der Waals surface area contributed by atoms with Crippen LogP contribution in [0.15, 0.2) is 0 Å². The Morgan fingerprint density at radius 2 is 1.03 bits per heavy atom. The Balaban J connectivity index is 2.65. The molecule has 6 nitrogen and oxygen atoms in total. The van der Waals surface area contributed by atoms with Gasteiger partial charge in [-0.3, -0.25) is 0 Å². The van der Waals surface area contributed by atoms with Crippen molar-refractivity contribution in [2.45, 2.75) is 79.1 Å². The highest BCUT2D eigenvalue weighted by Crippen LogP contribution is 2.16. The van der Waals surface area contributed by atoms with Crippen LogP contribution in [-0.4, -0.2) is 77.8 Å². The van der Waals surface area contributed by atoms with Gasteiger partial charge >= 0.3 is 0 Å². The molecular formula is C24H48O6. The lowest BCUT2D eigenvalue weighted by molar-refractivity contribution is -0.107. The second-order valence-corrected chi connectivity index (χ2v) is 8.85. The second kappa shape index (κ2) is 17.3. The molecule has 1 heterocycles. The van der Waals surface area contributed by atoms with Crippen LogP contribution in [0.25, 0.3) is 0 Å². The Labute approximate surface area is 185 Å². The number of rotatable bonds is 6. The summed E-state index contributed by atoms with van der Waals surface area (Å²) in [5.41, 5.74) is 0. The molecule has 1 fully saturated rings. The van der Waals surface area contributed by atoms with Crippen LogP contribution in [0.2, 0.25) is 0 Å². The lowest BCUT2D eigenvalue weighted by atomic mass is 10.00. The Hall–Kier alpha value is -0.240. The van der Waals surface area contributed by atoms with Gasteiger partial charge in [-0.15, -0.1) is 0 Å². The van der Waals surface area contributed by atoms with E-state index in [0.29, 0.717) is 77.2 Å². The first kappa shape index (κ1) is 27.8. The quantitative estimate of drug-likeness (QED) is 0.622. The maximum Gasteiger partial charge on any atom is 0.0835 e. The highest BCUT2D eigenvalue weighted by Gasteiger charge is 2.20. The summed E-state index contributed by atoms with van der Waals surface area (Å²) < 4.78 is 35.9. The summed E-state index contributed by atoms with van der Waals surface area (Å²) in [6.07, 6.45) is 3.55. The first-order chi connectivity index (χ1) is 14.5. The van der Waals surface area contributed by atoms with Crippen molar-refractivity contribution in [3.63, 3.8) is 0 Å². The van der Waals surface area contributed by atoms with E-state index in [0.717, 1.165) is 19.3 Å². The predicted molar refractivity (Wildman–Crippen MR) is 120 cm³/mol. The molecule has 1 aliphatic heterocycles. The van der Waals surface area contributed by atoms with Gasteiger partial charge in [-0.1, -0.05) is 54.4 Å². The van der Waals surface area contributed by atoms with Crippen molar-refractivity contribution in [3.05, 3.63) is 0 Å². The fraction of sp³-hybridized carbons (Fsp3) is 1.00. The molecule has 0 amide bonds. The lowest BCUT2D eigenvalue weighted by Crippen LogP contribution is -2.33. The largest absolute Gasteiger partial charge is 0.376 e. The Kier molecular flexibility index (Phi) is 16.1. The molecule has 0 radical (unpaired) electrons. The number of hydrogen-bond acceptors (Lipinski definition) is 6. The zero-order chi connectivity index (χ0) is 22.2. The monoisotopic (exact) mass is 432 g/mol. The Bertz CT molecular complexity index is 392. The minimum absolute atomic E-state index is 0.0623. The molecule has 30 heavy (non-hydrogen) atoms. The van der Waals surface area contributed by atoms with Crippen molar-refractivity contribution in [1.29, 1.82) is 0 Å². The van der Waals surface area contributed by atoms with Crippen molar-refractivity contribution < 1.29 is 28.4 Å². The summed E-state index contributed by atoms with van der Waals surface area (Å²) in [5, 5.41) is 0. The maximum absolute atomic E-state index is 6.12. The number of hydrogen-bond donors (Lipinski definition) is 0. The fourth-order valence-electron chi connectivity index (χ4n) is 3.46. The van der Waals surface area contributed by atoms with Crippen LogP contribution in [0.1, 0.15) is 60.8 Å². The third-order valence-corrected chi connectivity index (χ3v) is 5.93. The molecule has 1 saturated heterocycles. The van der Waals surface area contributed by atoms with E-state index in [2.05, 4.69) is 41.5 Å². The van der Waals surface area contributed by atoms with E-state index in [1.165, 1.54) is 0 Å². The molecule has 0 aliphatic carbocycles. The molecule has 0 spiro atoms.